The molecule has 1 saturated heterocycles. The second kappa shape index (κ2) is 11.7. The number of hydrogen-bond donors (Lipinski definition) is 3. The van der Waals surface area contributed by atoms with E-state index in [-0.39, 0.29) is 11.0 Å². The minimum Gasteiger partial charge on any atom is -0.377 e. The molecular formula is C22H36N4O3S. The number of nitrogens with one attached hydrogen (secondary N) is 3. The van der Waals surface area contributed by atoms with E-state index in [9.17, 15) is 8.42 Å². The van der Waals surface area contributed by atoms with Crippen LogP contribution in [0.4, 0.5) is 0 Å². The van der Waals surface area contributed by atoms with Gasteiger partial charge in [-0.2, -0.15) is 0 Å². The van der Waals surface area contributed by atoms with Crippen LogP contribution in [0, 0.1) is 5.92 Å². The third kappa shape index (κ3) is 7.25. The highest BCUT2D eigenvalue weighted by atomic mass is 32.2. The Morgan fingerprint density at radius 1 is 1.10 bits per heavy atom. The normalized spacial score (nSPS) is 20.6. The molecule has 1 aromatic carbocycles. The van der Waals surface area contributed by atoms with Crippen molar-refractivity contribution in [3.05, 3.63) is 29.8 Å². The summed E-state index contributed by atoms with van der Waals surface area (Å²) >= 11 is 0. The lowest BCUT2D eigenvalue weighted by molar-refractivity contribution is 0.114. The maximum Gasteiger partial charge on any atom is 0.240 e. The zero-order chi connectivity index (χ0) is 21.2. The number of hydrogen-bond acceptors (Lipinski definition) is 4. The van der Waals surface area contributed by atoms with E-state index in [4.69, 9.17) is 4.74 Å². The lowest BCUT2D eigenvalue weighted by Crippen LogP contribution is -2.37. The number of sulfonamides is 1. The maximum atomic E-state index is 12.4. The molecule has 1 atom stereocenters. The first-order valence-electron chi connectivity index (χ1n) is 11.2. The van der Waals surface area contributed by atoms with E-state index < -0.39 is 10.0 Å². The molecule has 2 fully saturated rings. The van der Waals surface area contributed by atoms with Gasteiger partial charge >= 0.3 is 0 Å². The van der Waals surface area contributed by atoms with Crippen LogP contribution >= 0.6 is 0 Å². The van der Waals surface area contributed by atoms with Crippen LogP contribution in [0.25, 0.3) is 0 Å². The molecule has 1 unspecified atom stereocenters. The standard InChI is InChI=1S/C22H36N4O3S/c1-23-22(24-14-4-8-18-6-2-3-7-18)25-16-19-10-12-21(13-11-19)30(27,28)26-17-20-9-5-15-29-20/h10-13,18,20,26H,2-9,14-17H2,1H3,(H2,23,24,25). The van der Waals surface area contributed by atoms with Gasteiger partial charge in [0.1, 0.15) is 0 Å². The van der Waals surface area contributed by atoms with Crippen LogP contribution in [0.5, 0.6) is 0 Å². The molecule has 3 N–H and O–H groups in total. The van der Waals surface area contributed by atoms with E-state index in [1.807, 2.05) is 12.1 Å². The van der Waals surface area contributed by atoms with Crippen molar-refractivity contribution >= 4 is 16.0 Å². The molecule has 1 aliphatic heterocycles. The van der Waals surface area contributed by atoms with Crippen molar-refractivity contribution in [1.82, 2.24) is 15.4 Å². The van der Waals surface area contributed by atoms with E-state index in [2.05, 4.69) is 20.3 Å². The van der Waals surface area contributed by atoms with Crippen LogP contribution in [-0.4, -0.2) is 47.2 Å². The van der Waals surface area contributed by atoms with E-state index in [1.165, 1.54) is 32.1 Å². The summed E-state index contributed by atoms with van der Waals surface area (Å²) in [4.78, 5) is 4.54. The summed E-state index contributed by atoms with van der Waals surface area (Å²) in [6.07, 6.45) is 9.91. The number of guanidine groups is 1. The molecule has 0 radical (unpaired) electrons. The molecule has 1 heterocycles. The van der Waals surface area contributed by atoms with Gasteiger partial charge in [-0.05, 0) is 49.3 Å². The molecule has 1 aromatic rings. The number of aliphatic imine (C=N–C) groups is 1. The largest absolute Gasteiger partial charge is 0.377 e. The fraction of sp³-hybridized carbons (Fsp3) is 0.682. The van der Waals surface area contributed by atoms with Crippen LogP contribution in [0.3, 0.4) is 0 Å². The predicted octanol–water partition coefficient (Wildman–Crippen LogP) is 2.78. The molecular weight excluding hydrogens is 400 g/mol. The number of ether oxygens (including phenoxy) is 1. The van der Waals surface area contributed by atoms with Crippen molar-refractivity contribution in [3.8, 4) is 0 Å². The first-order valence-corrected chi connectivity index (χ1v) is 12.7. The van der Waals surface area contributed by atoms with Gasteiger partial charge in [0.05, 0.1) is 11.0 Å². The van der Waals surface area contributed by atoms with E-state index in [0.717, 1.165) is 43.2 Å². The summed E-state index contributed by atoms with van der Waals surface area (Å²) in [5.41, 5.74) is 1.00. The SMILES string of the molecule is CN=C(NCCCC1CCCC1)NCc1ccc(S(=O)(=O)NCC2CCCO2)cc1. The zero-order valence-electron chi connectivity index (χ0n) is 18.0. The van der Waals surface area contributed by atoms with Gasteiger partial charge in [0.15, 0.2) is 5.96 Å². The van der Waals surface area contributed by atoms with Crippen molar-refractivity contribution < 1.29 is 13.2 Å². The van der Waals surface area contributed by atoms with Crippen molar-refractivity contribution in [2.45, 2.75) is 68.9 Å². The number of rotatable bonds is 10. The second-order valence-corrected chi connectivity index (χ2v) is 10.0. The molecule has 0 bridgehead atoms. The van der Waals surface area contributed by atoms with Gasteiger partial charge in [-0.15, -0.1) is 0 Å². The Kier molecular flexibility index (Phi) is 8.96. The summed E-state index contributed by atoms with van der Waals surface area (Å²) < 4.78 is 33.0. The quantitative estimate of drug-likeness (QED) is 0.298. The Bertz CT molecular complexity index is 768. The van der Waals surface area contributed by atoms with E-state index in [1.54, 1.807) is 19.2 Å². The first-order chi connectivity index (χ1) is 14.6. The highest BCUT2D eigenvalue weighted by Crippen LogP contribution is 2.28. The molecule has 1 saturated carbocycles. The molecule has 0 aromatic heterocycles. The van der Waals surface area contributed by atoms with Crippen LogP contribution in [0.2, 0.25) is 0 Å². The Labute approximate surface area is 181 Å². The molecule has 168 valence electrons. The van der Waals surface area contributed by atoms with Crippen molar-refractivity contribution in [2.24, 2.45) is 10.9 Å². The van der Waals surface area contributed by atoms with Crippen LogP contribution in [0.15, 0.2) is 34.2 Å². The Hall–Kier alpha value is -1.64. The van der Waals surface area contributed by atoms with E-state index >= 15 is 0 Å². The molecule has 7 nitrogen and oxygen atoms in total. The van der Waals surface area contributed by atoms with Gasteiger partial charge in [-0.25, -0.2) is 13.1 Å². The first kappa shape index (κ1) is 23.0. The Balaban J connectivity index is 1.39. The molecule has 1 aliphatic carbocycles. The van der Waals surface area contributed by atoms with Crippen LogP contribution < -0.4 is 15.4 Å². The average molecular weight is 437 g/mol. The molecule has 3 rings (SSSR count). The summed E-state index contributed by atoms with van der Waals surface area (Å²) in [7, 11) is -1.74. The van der Waals surface area contributed by atoms with Gasteiger partial charge in [-0.3, -0.25) is 4.99 Å². The smallest absolute Gasteiger partial charge is 0.240 e. The fourth-order valence-electron chi connectivity index (χ4n) is 4.18. The summed E-state index contributed by atoms with van der Waals surface area (Å²) in [6.45, 7) is 2.55. The lowest BCUT2D eigenvalue weighted by Gasteiger charge is -2.14. The molecule has 30 heavy (non-hydrogen) atoms. The predicted molar refractivity (Wildman–Crippen MR) is 120 cm³/mol. The summed E-state index contributed by atoms with van der Waals surface area (Å²) in [6, 6.07) is 6.96. The van der Waals surface area contributed by atoms with E-state index in [0.29, 0.717) is 19.7 Å². The number of nitrogens with zero attached hydrogens (tertiary/aromatic N) is 1. The minimum atomic E-state index is -3.51. The van der Waals surface area contributed by atoms with Gasteiger partial charge in [-0.1, -0.05) is 37.8 Å². The van der Waals surface area contributed by atoms with Gasteiger partial charge < -0.3 is 15.4 Å². The van der Waals surface area contributed by atoms with Crippen molar-refractivity contribution in [2.75, 3.05) is 26.7 Å². The highest BCUT2D eigenvalue weighted by molar-refractivity contribution is 7.89. The Morgan fingerprint density at radius 3 is 2.53 bits per heavy atom. The molecule has 0 amide bonds. The van der Waals surface area contributed by atoms with Crippen molar-refractivity contribution in [3.63, 3.8) is 0 Å². The highest BCUT2D eigenvalue weighted by Gasteiger charge is 2.20. The molecule has 0 spiro atoms. The van der Waals surface area contributed by atoms with Crippen molar-refractivity contribution in [1.29, 1.82) is 0 Å². The topological polar surface area (TPSA) is 91.8 Å². The second-order valence-electron chi connectivity index (χ2n) is 8.28. The third-order valence-corrected chi connectivity index (χ3v) is 7.44. The third-order valence-electron chi connectivity index (χ3n) is 6.00. The summed E-state index contributed by atoms with van der Waals surface area (Å²) in [5, 5.41) is 6.66. The number of benzene rings is 1. The zero-order valence-corrected chi connectivity index (χ0v) is 18.8. The van der Waals surface area contributed by atoms with Crippen LogP contribution in [-0.2, 0) is 21.3 Å². The van der Waals surface area contributed by atoms with Gasteiger partial charge in [0.2, 0.25) is 10.0 Å². The minimum absolute atomic E-state index is 0.0133. The molecule has 8 heteroatoms. The molecule has 2 aliphatic rings. The lowest BCUT2D eigenvalue weighted by atomic mass is 10.0. The summed E-state index contributed by atoms with van der Waals surface area (Å²) in [5.74, 6) is 1.69. The Morgan fingerprint density at radius 2 is 1.87 bits per heavy atom. The van der Waals surface area contributed by atoms with Gasteiger partial charge in [0, 0.05) is 33.3 Å². The fourth-order valence-corrected chi connectivity index (χ4v) is 5.25. The average Bonchev–Trinajstić information content (AvgIpc) is 3.46. The monoisotopic (exact) mass is 436 g/mol. The van der Waals surface area contributed by atoms with Gasteiger partial charge in [0.25, 0.3) is 0 Å². The maximum absolute atomic E-state index is 12.4. The van der Waals surface area contributed by atoms with Crippen LogP contribution in [0.1, 0.15) is 56.9 Å².